The van der Waals surface area contributed by atoms with E-state index >= 15 is 0 Å². The van der Waals surface area contributed by atoms with E-state index in [0.29, 0.717) is 0 Å². The molecular weight excluding hydrogens is 178 g/mol. The summed E-state index contributed by atoms with van der Waals surface area (Å²) < 4.78 is 5.44. The number of rotatable bonds is 9. The molecule has 0 spiro atoms. The van der Waals surface area contributed by atoms with Gasteiger partial charge in [-0.25, -0.2) is 0 Å². The highest BCUT2D eigenvalue weighted by atomic mass is 16.5. The molecule has 0 aliphatic carbocycles. The lowest BCUT2D eigenvalue weighted by Gasteiger charge is -2.10. The first-order valence-corrected chi connectivity index (χ1v) is 5.40. The number of nitrogens with zero attached hydrogens (tertiary/aromatic N) is 1. The molecule has 0 unspecified atom stereocenters. The summed E-state index contributed by atoms with van der Waals surface area (Å²) in [6.45, 7) is 6.84. The lowest BCUT2D eigenvalue weighted by molar-refractivity contribution is -0.117. The molecule has 0 bridgehead atoms. The Morgan fingerprint density at radius 2 is 1.93 bits per heavy atom. The maximum absolute atomic E-state index is 10.2. The zero-order chi connectivity index (χ0) is 10.8. The zero-order valence-corrected chi connectivity index (χ0v) is 9.66. The number of amides is 1. The molecule has 0 aromatic rings. The van der Waals surface area contributed by atoms with E-state index in [9.17, 15) is 4.79 Å². The number of carbonyl (C=O) groups excluding carboxylic acids is 1. The number of carbonyl (C=O) groups is 1. The second-order valence-electron chi connectivity index (χ2n) is 4.09. The maximum atomic E-state index is 10.2. The van der Waals surface area contributed by atoms with Crippen LogP contribution in [0, 0.1) is 5.92 Å². The topological polar surface area (TPSA) is 29.5 Å². The molecule has 0 radical (unpaired) electrons. The van der Waals surface area contributed by atoms with Gasteiger partial charge in [-0.3, -0.25) is 4.79 Å². The first-order chi connectivity index (χ1) is 6.66. The van der Waals surface area contributed by atoms with Crippen molar-refractivity contribution in [2.75, 3.05) is 26.8 Å². The third-order valence-electron chi connectivity index (χ3n) is 2.05. The lowest BCUT2D eigenvalue weighted by Crippen LogP contribution is -2.18. The Morgan fingerprint density at radius 3 is 2.50 bits per heavy atom. The summed E-state index contributed by atoms with van der Waals surface area (Å²) in [4.78, 5) is 11.9. The van der Waals surface area contributed by atoms with Gasteiger partial charge in [-0.2, -0.15) is 0 Å². The monoisotopic (exact) mass is 201 g/mol. The minimum Gasteiger partial charge on any atom is -0.381 e. The van der Waals surface area contributed by atoms with Gasteiger partial charge < -0.3 is 9.64 Å². The van der Waals surface area contributed by atoms with Crippen molar-refractivity contribution in [1.29, 1.82) is 0 Å². The Kier molecular flexibility index (Phi) is 8.64. The Balaban J connectivity index is 3.02. The summed E-state index contributed by atoms with van der Waals surface area (Å²) in [6.07, 6.45) is 4.14. The van der Waals surface area contributed by atoms with E-state index in [-0.39, 0.29) is 0 Å². The molecule has 0 saturated carbocycles. The number of ether oxygens (including phenoxy) is 1. The van der Waals surface area contributed by atoms with Crippen LogP contribution < -0.4 is 0 Å². The molecule has 3 heteroatoms. The van der Waals surface area contributed by atoms with Gasteiger partial charge in [0.15, 0.2) is 0 Å². The summed E-state index contributed by atoms with van der Waals surface area (Å²) in [5.41, 5.74) is 0. The molecule has 0 heterocycles. The van der Waals surface area contributed by atoms with Crippen LogP contribution in [-0.4, -0.2) is 38.1 Å². The van der Waals surface area contributed by atoms with Crippen LogP contribution in [0.3, 0.4) is 0 Å². The van der Waals surface area contributed by atoms with Crippen LogP contribution in [-0.2, 0) is 9.53 Å². The van der Waals surface area contributed by atoms with Crippen LogP contribution in [0.1, 0.15) is 33.1 Å². The summed E-state index contributed by atoms with van der Waals surface area (Å²) in [5, 5.41) is 0. The lowest BCUT2D eigenvalue weighted by atomic mass is 10.1. The van der Waals surface area contributed by atoms with Gasteiger partial charge in [0.25, 0.3) is 0 Å². The number of hydrogen-bond acceptors (Lipinski definition) is 2. The van der Waals surface area contributed by atoms with Crippen molar-refractivity contribution in [2.24, 2.45) is 5.92 Å². The average Bonchev–Trinajstić information content (AvgIpc) is 2.15. The van der Waals surface area contributed by atoms with Gasteiger partial charge in [0.1, 0.15) is 0 Å². The fourth-order valence-electron chi connectivity index (χ4n) is 1.16. The largest absolute Gasteiger partial charge is 0.381 e. The van der Waals surface area contributed by atoms with E-state index in [2.05, 4.69) is 13.8 Å². The average molecular weight is 201 g/mol. The fraction of sp³-hybridized carbons (Fsp3) is 0.909. The van der Waals surface area contributed by atoms with E-state index in [1.165, 1.54) is 6.42 Å². The normalized spacial score (nSPS) is 10.6. The quantitative estimate of drug-likeness (QED) is 0.421. The van der Waals surface area contributed by atoms with Gasteiger partial charge in [0.2, 0.25) is 6.41 Å². The molecule has 0 aliphatic heterocycles. The van der Waals surface area contributed by atoms with Gasteiger partial charge in [-0.05, 0) is 25.2 Å². The minimum atomic E-state index is 0.760. The molecule has 14 heavy (non-hydrogen) atoms. The van der Waals surface area contributed by atoms with E-state index in [1.807, 2.05) is 0 Å². The highest BCUT2D eigenvalue weighted by Crippen LogP contribution is 2.03. The molecule has 0 rings (SSSR count). The standard InChI is InChI=1S/C11H23NO2/c1-11(2)6-4-8-14-9-5-7-12(3)10-13/h10-11H,4-9H2,1-3H3. The molecule has 0 saturated heterocycles. The predicted octanol–water partition coefficient (Wildman–Crippen LogP) is 1.92. The Bertz CT molecular complexity index is 137. The molecule has 0 N–H and O–H groups in total. The summed E-state index contributed by atoms with van der Waals surface area (Å²) in [6, 6.07) is 0. The van der Waals surface area contributed by atoms with Crippen LogP contribution in [0.2, 0.25) is 0 Å². The molecule has 0 fully saturated rings. The van der Waals surface area contributed by atoms with E-state index < -0.39 is 0 Å². The number of hydrogen-bond donors (Lipinski definition) is 0. The molecule has 0 aliphatic rings. The fourth-order valence-corrected chi connectivity index (χ4v) is 1.16. The summed E-state index contributed by atoms with van der Waals surface area (Å²) in [7, 11) is 1.78. The highest BCUT2D eigenvalue weighted by Gasteiger charge is 1.95. The molecular formula is C11H23NO2. The summed E-state index contributed by atoms with van der Waals surface area (Å²) in [5.74, 6) is 0.764. The SMILES string of the molecule is CC(C)CCCOCCCN(C)C=O. The highest BCUT2D eigenvalue weighted by molar-refractivity contribution is 5.46. The van der Waals surface area contributed by atoms with Crippen molar-refractivity contribution in [1.82, 2.24) is 4.90 Å². The van der Waals surface area contributed by atoms with E-state index in [1.54, 1.807) is 11.9 Å². The van der Waals surface area contributed by atoms with Gasteiger partial charge in [0.05, 0.1) is 0 Å². The van der Waals surface area contributed by atoms with Crippen molar-refractivity contribution in [3.8, 4) is 0 Å². The van der Waals surface area contributed by atoms with Crippen LogP contribution in [0.4, 0.5) is 0 Å². The third-order valence-corrected chi connectivity index (χ3v) is 2.05. The minimum absolute atomic E-state index is 0.760. The van der Waals surface area contributed by atoms with Crippen molar-refractivity contribution in [2.45, 2.75) is 33.1 Å². The Hall–Kier alpha value is -0.570. The zero-order valence-electron chi connectivity index (χ0n) is 9.66. The van der Waals surface area contributed by atoms with Crippen molar-refractivity contribution in [3.63, 3.8) is 0 Å². The van der Waals surface area contributed by atoms with Crippen molar-refractivity contribution >= 4 is 6.41 Å². The molecule has 3 nitrogen and oxygen atoms in total. The van der Waals surface area contributed by atoms with Gasteiger partial charge in [-0.1, -0.05) is 13.8 Å². The van der Waals surface area contributed by atoms with Gasteiger partial charge >= 0.3 is 0 Å². The molecule has 0 aromatic heterocycles. The van der Waals surface area contributed by atoms with E-state index in [0.717, 1.165) is 44.9 Å². The van der Waals surface area contributed by atoms with Crippen LogP contribution >= 0.6 is 0 Å². The smallest absolute Gasteiger partial charge is 0.209 e. The maximum Gasteiger partial charge on any atom is 0.209 e. The third kappa shape index (κ3) is 9.52. The second kappa shape index (κ2) is 9.00. The molecule has 0 aromatic carbocycles. The van der Waals surface area contributed by atoms with Crippen LogP contribution in [0.5, 0.6) is 0 Å². The van der Waals surface area contributed by atoms with Crippen LogP contribution in [0.25, 0.3) is 0 Å². The summed E-state index contributed by atoms with van der Waals surface area (Å²) >= 11 is 0. The molecule has 1 amide bonds. The Morgan fingerprint density at radius 1 is 1.29 bits per heavy atom. The molecule has 0 atom stereocenters. The predicted molar refractivity (Wildman–Crippen MR) is 58.2 cm³/mol. The van der Waals surface area contributed by atoms with Gasteiger partial charge in [-0.15, -0.1) is 0 Å². The first kappa shape index (κ1) is 13.4. The van der Waals surface area contributed by atoms with Crippen molar-refractivity contribution < 1.29 is 9.53 Å². The molecule has 84 valence electrons. The van der Waals surface area contributed by atoms with E-state index in [4.69, 9.17) is 4.74 Å². The second-order valence-corrected chi connectivity index (χ2v) is 4.09. The first-order valence-electron chi connectivity index (χ1n) is 5.40. The van der Waals surface area contributed by atoms with Crippen LogP contribution in [0.15, 0.2) is 0 Å². The van der Waals surface area contributed by atoms with Crippen molar-refractivity contribution in [3.05, 3.63) is 0 Å². The Labute approximate surface area is 87.4 Å². The van der Waals surface area contributed by atoms with Gasteiger partial charge in [0, 0.05) is 26.8 Å².